The average molecular weight is 469 g/mol. The Balaban J connectivity index is 1.61. The van der Waals surface area contributed by atoms with Gasteiger partial charge in [-0.15, -0.1) is 0 Å². The summed E-state index contributed by atoms with van der Waals surface area (Å²) >= 11 is 0. The van der Waals surface area contributed by atoms with Crippen LogP contribution in [-0.4, -0.2) is 78.0 Å². The molecule has 3 N–H and O–H groups in total. The van der Waals surface area contributed by atoms with Gasteiger partial charge in [0.25, 0.3) is 0 Å². The van der Waals surface area contributed by atoms with Crippen molar-refractivity contribution < 1.29 is 14.6 Å². The molecular weight excluding hydrogens is 432 g/mol. The smallest absolute Gasteiger partial charge is 0.321 e. The molecule has 0 spiro atoms. The van der Waals surface area contributed by atoms with Crippen molar-refractivity contribution in [3.05, 3.63) is 29.8 Å². The number of hydrogen-bond acceptors (Lipinski definition) is 7. The van der Waals surface area contributed by atoms with Crippen molar-refractivity contribution in [1.29, 1.82) is 0 Å². The summed E-state index contributed by atoms with van der Waals surface area (Å²) < 4.78 is 5.49. The number of hydrogen-bond donors (Lipinski definition) is 3. The Hall–Kier alpha value is -2.91. The van der Waals surface area contributed by atoms with Crippen LogP contribution in [0.5, 0.6) is 0 Å². The van der Waals surface area contributed by atoms with Crippen LogP contribution >= 0.6 is 0 Å². The van der Waals surface area contributed by atoms with E-state index in [9.17, 15) is 9.90 Å². The molecule has 2 aliphatic heterocycles. The number of likely N-dealkylation sites (tertiary alicyclic amines) is 1. The number of rotatable bonds is 7. The van der Waals surface area contributed by atoms with Crippen molar-refractivity contribution in [2.75, 3.05) is 61.5 Å². The number of amides is 2. The minimum absolute atomic E-state index is 0.00214. The van der Waals surface area contributed by atoms with Crippen molar-refractivity contribution in [3.63, 3.8) is 0 Å². The molecule has 4 rings (SSSR count). The molecule has 9 nitrogen and oxygen atoms in total. The number of anilines is 3. The van der Waals surface area contributed by atoms with E-state index in [1.807, 2.05) is 43.0 Å². The van der Waals surface area contributed by atoms with Gasteiger partial charge in [0.2, 0.25) is 5.95 Å². The van der Waals surface area contributed by atoms with Gasteiger partial charge in [0.15, 0.2) is 0 Å². The number of carbonyl (C=O) groups is 1. The van der Waals surface area contributed by atoms with Crippen molar-refractivity contribution in [2.45, 2.75) is 39.7 Å². The van der Waals surface area contributed by atoms with E-state index >= 15 is 0 Å². The third kappa shape index (κ3) is 5.77. The fourth-order valence-corrected chi connectivity index (χ4v) is 4.38. The molecule has 2 aliphatic rings. The first-order chi connectivity index (χ1) is 16.5. The van der Waals surface area contributed by atoms with Gasteiger partial charge >= 0.3 is 6.03 Å². The molecule has 2 fully saturated rings. The van der Waals surface area contributed by atoms with Crippen LogP contribution in [0.25, 0.3) is 11.3 Å². The normalized spacial score (nSPS) is 19.2. The van der Waals surface area contributed by atoms with Gasteiger partial charge < -0.3 is 30.3 Å². The molecule has 1 aromatic heterocycles. The first-order valence-corrected chi connectivity index (χ1v) is 12.2. The average Bonchev–Trinajstić information content (AvgIpc) is 3.35. The van der Waals surface area contributed by atoms with E-state index in [1.54, 1.807) is 0 Å². The minimum atomic E-state index is -0.139. The number of aliphatic hydroxyl groups is 1. The lowest BCUT2D eigenvalue weighted by atomic mass is 10.0. The van der Waals surface area contributed by atoms with Gasteiger partial charge in [-0.3, -0.25) is 0 Å². The number of ether oxygens (including phenoxy) is 1. The summed E-state index contributed by atoms with van der Waals surface area (Å²) in [5.41, 5.74) is 3.50. The highest BCUT2D eigenvalue weighted by Gasteiger charge is 2.25. The Kier molecular flexibility index (Phi) is 7.84. The number of aliphatic hydroxyl groups excluding tert-OH is 1. The molecule has 9 heteroatoms. The fraction of sp³-hybridized carbons (Fsp3) is 0.560. The Morgan fingerprint density at radius 3 is 2.74 bits per heavy atom. The number of benzene rings is 1. The number of aryl methyl sites for hydroxylation is 1. The molecule has 2 saturated heterocycles. The molecular formula is C25H36N6O3. The van der Waals surface area contributed by atoms with Crippen LogP contribution < -0.4 is 15.5 Å². The van der Waals surface area contributed by atoms with Crippen molar-refractivity contribution in [1.82, 2.24) is 14.9 Å². The van der Waals surface area contributed by atoms with E-state index in [0.29, 0.717) is 30.9 Å². The van der Waals surface area contributed by atoms with Crippen LogP contribution in [0.1, 0.15) is 32.3 Å². The maximum Gasteiger partial charge on any atom is 0.321 e. The largest absolute Gasteiger partial charge is 0.394 e. The van der Waals surface area contributed by atoms with E-state index in [-0.39, 0.29) is 18.7 Å². The quantitative estimate of drug-likeness (QED) is 0.573. The van der Waals surface area contributed by atoms with Gasteiger partial charge in [0.1, 0.15) is 5.82 Å². The number of nitrogens with one attached hydrogen (secondary N) is 2. The first-order valence-electron chi connectivity index (χ1n) is 12.2. The van der Waals surface area contributed by atoms with Crippen molar-refractivity contribution in [2.24, 2.45) is 5.92 Å². The van der Waals surface area contributed by atoms with Crippen LogP contribution in [0.15, 0.2) is 24.3 Å². The number of morpholine rings is 1. The highest BCUT2D eigenvalue weighted by Crippen LogP contribution is 2.29. The molecule has 0 unspecified atom stereocenters. The molecule has 0 aliphatic carbocycles. The van der Waals surface area contributed by atoms with Crippen molar-refractivity contribution in [3.8, 4) is 11.3 Å². The summed E-state index contributed by atoms with van der Waals surface area (Å²) in [6.07, 6.45) is 2.17. The Morgan fingerprint density at radius 2 is 2.03 bits per heavy atom. The lowest BCUT2D eigenvalue weighted by Gasteiger charge is -2.27. The highest BCUT2D eigenvalue weighted by molar-refractivity contribution is 5.90. The maximum absolute atomic E-state index is 12.8. The van der Waals surface area contributed by atoms with Crippen LogP contribution in [0.2, 0.25) is 0 Å². The number of nitrogens with zero attached hydrogens (tertiary/aromatic N) is 4. The molecule has 0 bridgehead atoms. The number of urea groups is 1. The van der Waals surface area contributed by atoms with Crippen LogP contribution in [0, 0.1) is 12.8 Å². The minimum Gasteiger partial charge on any atom is -0.394 e. The van der Waals surface area contributed by atoms with Gasteiger partial charge in [0, 0.05) is 49.5 Å². The van der Waals surface area contributed by atoms with E-state index in [0.717, 1.165) is 61.5 Å². The predicted octanol–water partition coefficient (Wildman–Crippen LogP) is 3.35. The highest BCUT2D eigenvalue weighted by atomic mass is 16.5. The van der Waals surface area contributed by atoms with Gasteiger partial charge in [-0.25, -0.2) is 9.78 Å². The second-order valence-corrected chi connectivity index (χ2v) is 9.23. The second kappa shape index (κ2) is 11.0. The van der Waals surface area contributed by atoms with Crippen molar-refractivity contribution >= 4 is 23.5 Å². The van der Waals surface area contributed by atoms with Crippen LogP contribution in [0.4, 0.5) is 22.2 Å². The SMILES string of the molecule is CC[C@@H]1CCN(C(=O)Nc2ccc(C)c(-c3cc(N[C@@H](C)CO)nc(N4CCOCC4)n3)c2)C1. The summed E-state index contributed by atoms with van der Waals surface area (Å²) in [5, 5.41) is 15.8. The monoisotopic (exact) mass is 468 g/mol. The van der Waals surface area contributed by atoms with Crippen LogP contribution in [-0.2, 0) is 4.74 Å². The van der Waals surface area contributed by atoms with Crippen LogP contribution in [0.3, 0.4) is 0 Å². The van der Waals surface area contributed by atoms with Gasteiger partial charge in [-0.05, 0) is 43.9 Å². The first kappa shape index (κ1) is 24.2. The number of aromatic nitrogens is 2. The zero-order valence-corrected chi connectivity index (χ0v) is 20.4. The molecule has 1 aromatic carbocycles. The topological polar surface area (TPSA) is 103 Å². The van der Waals surface area contributed by atoms with Gasteiger partial charge in [-0.1, -0.05) is 19.4 Å². The molecule has 2 amide bonds. The number of carbonyl (C=O) groups excluding carboxylic acids is 1. The standard InChI is InChI=1S/C25H36N6O3/c1-4-19-7-8-31(15-19)25(33)27-20-6-5-17(2)21(13-20)22-14-23(26-18(3)16-32)29-24(28-22)30-9-11-34-12-10-30/h5-6,13-14,18-19,32H,4,7-12,15-16H2,1-3H3,(H,27,33)(H,26,28,29)/t18-,19+/m0/s1. The van der Waals surface area contributed by atoms with Gasteiger partial charge in [0.05, 0.1) is 25.5 Å². The summed E-state index contributed by atoms with van der Waals surface area (Å²) in [4.78, 5) is 26.4. The molecule has 34 heavy (non-hydrogen) atoms. The molecule has 2 aromatic rings. The second-order valence-electron chi connectivity index (χ2n) is 9.23. The molecule has 0 saturated carbocycles. The third-order valence-electron chi connectivity index (χ3n) is 6.59. The lowest BCUT2D eigenvalue weighted by molar-refractivity contribution is 0.122. The molecule has 3 heterocycles. The van der Waals surface area contributed by atoms with Gasteiger partial charge in [-0.2, -0.15) is 4.98 Å². The molecule has 184 valence electrons. The van der Waals surface area contributed by atoms with E-state index in [1.165, 1.54) is 0 Å². The molecule has 2 atom stereocenters. The predicted molar refractivity (Wildman–Crippen MR) is 134 cm³/mol. The summed E-state index contributed by atoms with van der Waals surface area (Å²) in [6, 6.07) is 7.62. The summed E-state index contributed by atoms with van der Waals surface area (Å²) in [7, 11) is 0. The Labute approximate surface area is 201 Å². The lowest BCUT2D eigenvalue weighted by Crippen LogP contribution is -2.37. The summed E-state index contributed by atoms with van der Waals surface area (Å²) in [5.74, 6) is 1.88. The zero-order valence-electron chi connectivity index (χ0n) is 20.4. The Morgan fingerprint density at radius 1 is 1.24 bits per heavy atom. The van der Waals surface area contributed by atoms with E-state index < -0.39 is 0 Å². The maximum atomic E-state index is 12.8. The van der Waals surface area contributed by atoms with E-state index in [2.05, 4.69) is 22.5 Å². The summed E-state index contributed by atoms with van der Waals surface area (Å²) in [6.45, 7) is 10.5. The van der Waals surface area contributed by atoms with E-state index in [4.69, 9.17) is 14.7 Å². The Bertz CT molecular complexity index is 995. The molecule has 0 radical (unpaired) electrons. The zero-order chi connectivity index (χ0) is 24.1. The third-order valence-corrected chi connectivity index (χ3v) is 6.59. The fourth-order valence-electron chi connectivity index (χ4n) is 4.38.